The zero-order valence-corrected chi connectivity index (χ0v) is 10.0. The Morgan fingerprint density at radius 2 is 2.35 bits per heavy atom. The maximum atomic E-state index is 11.3. The number of aromatic nitrogens is 2. The van der Waals surface area contributed by atoms with Crippen LogP contribution in [0.5, 0.6) is 0 Å². The van der Waals surface area contributed by atoms with Crippen molar-refractivity contribution in [3.63, 3.8) is 0 Å². The lowest BCUT2D eigenvalue weighted by Gasteiger charge is -2.23. The number of hydrogen-bond acceptors (Lipinski definition) is 6. The second-order valence-electron chi connectivity index (χ2n) is 3.58. The molecule has 0 fully saturated rings. The van der Waals surface area contributed by atoms with Crippen LogP contribution in [0.3, 0.4) is 0 Å². The third-order valence-corrected chi connectivity index (χ3v) is 2.43. The molecule has 17 heavy (non-hydrogen) atoms. The van der Waals surface area contributed by atoms with Gasteiger partial charge >= 0.3 is 5.97 Å². The number of hydrogen-bond donors (Lipinski definition) is 0. The van der Waals surface area contributed by atoms with Gasteiger partial charge in [-0.1, -0.05) is 0 Å². The maximum Gasteiger partial charge on any atom is 0.358 e. The molecule has 1 heterocycles. The zero-order valence-electron chi connectivity index (χ0n) is 10.0. The Balaban J connectivity index is 2.92. The number of nitriles is 1. The van der Waals surface area contributed by atoms with E-state index in [9.17, 15) is 4.79 Å². The summed E-state index contributed by atoms with van der Waals surface area (Å²) in [5.74, 6) is 0.0105. The predicted octanol–water partition coefficient (Wildman–Crippen LogP) is 1.00. The average molecular weight is 234 g/mol. The smallest absolute Gasteiger partial charge is 0.358 e. The van der Waals surface area contributed by atoms with Gasteiger partial charge in [-0.05, 0) is 6.92 Å². The molecule has 90 valence electrons. The Hall–Kier alpha value is -2.16. The number of rotatable bonds is 4. The number of esters is 1. The summed E-state index contributed by atoms with van der Waals surface area (Å²) in [4.78, 5) is 21.1. The highest BCUT2D eigenvalue weighted by Gasteiger charge is 2.14. The van der Waals surface area contributed by atoms with Gasteiger partial charge in [0.05, 0.1) is 32.0 Å². The molecular formula is C11H14N4O2. The molecular weight excluding hydrogens is 220 g/mol. The van der Waals surface area contributed by atoms with Crippen LogP contribution < -0.4 is 4.90 Å². The van der Waals surface area contributed by atoms with E-state index < -0.39 is 5.97 Å². The average Bonchev–Trinajstić information content (AvgIpc) is 2.37. The van der Waals surface area contributed by atoms with Crippen LogP contribution in [0.2, 0.25) is 0 Å². The van der Waals surface area contributed by atoms with Gasteiger partial charge in [0, 0.05) is 13.1 Å². The second kappa shape index (κ2) is 5.80. The zero-order chi connectivity index (χ0) is 12.8. The highest BCUT2D eigenvalue weighted by Crippen LogP contribution is 2.13. The minimum Gasteiger partial charge on any atom is -0.464 e. The minimum atomic E-state index is -0.527. The first kappa shape index (κ1) is 12.9. The fraction of sp³-hybridized carbons (Fsp3) is 0.455. The normalized spacial score (nSPS) is 11.4. The summed E-state index contributed by atoms with van der Waals surface area (Å²) in [6.45, 7) is 1.90. The van der Waals surface area contributed by atoms with Gasteiger partial charge < -0.3 is 9.64 Å². The van der Waals surface area contributed by atoms with E-state index in [-0.39, 0.29) is 11.7 Å². The van der Waals surface area contributed by atoms with Crippen LogP contribution >= 0.6 is 0 Å². The third kappa shape index (κ3) is 3.14. The van der Waals surface area contributed by atoms with E-state index in [0.29, 0.717) is 12.2 Å². The molecule has 0 aliphatic carbocycles. The van der Waals surface area contributed by atoms with E-state index in [1.807, 2.05) is 6.92 Å². The van der Waals surface area contributed by atoms with Crippen molar-refractivity contribution in [1.29, 1.82) is 5.26 Å². The molecule has 0 N–H and O–H groups in total. The van der Waals surface area contributed by atoms with Crippen molar-refractivity contribution in [1.82, 2.24) is 9.97 Å². The first-order valence-electron chi connectivity index (χ1n) is 5.10. The van der Waals surface area contributed by atoms with E-state index in [4.69, 9.17) is 5.26 Å². The molecule has 0 aliphatic rings. The van der Waals surface area contributed by atoms with Crippen LogP contribution in [0.4, 0.5) is 5.82 Å². The Kier molecular flexibility index (Phi) is 4.40. The molecule has 0 radical (unpaired) electrons. The van der Waals surface area contributed by atoms with Crippen LogP contribution in [0.15, 0.2) is 12.4 Å². The summed E-state index contributed by atoms with van der Waals surface area (Å²) in [7, 11) is 3.09. The largest absolute Gasteiger partial charge is 0.464 e. The Morgan fingerprint density at radius 1 is 1.65 bits per heavy atom. The first-order valence-corrected chi connectivity index (χ1v) is 5.10. The molecule has 0 saturated heterocycles. The van der Waals surface area contributed by atoms with E-state index in [2.05, 4.69) is 20.8 Å². The maximum absolute atomic E-state index is 11.3. The molecule has 0 spiro atoms. The summed E-state index contributed by atoms with van der Waals surface area (Å²) in [5.41, 5.74) is 0.154. The topological polar surface area (TPSA) is 79.1 Å². The van der Waals surface area contributed by atoms with E-state index in [1.165, 1.54) is 13.3 Å². The lowest BCUT2D eigenvalue weighted by atomic mass is 10.2. The number of anilines is 1. The first-order chi connectivity index (χ1) is 8.10. The lowest BCUT2D eigenvalue weighted by Crippen LogP contribution is -2.29. The molecule has 1 aromatic rings. The van der Waals surface area contributed by atoms with Gasteiger partial charge in [0.15, 0.2) is 5.69 Å². The summed E-state index contributed by atoms with van der Waals surface area (Å²) in [6, 6.07) is 2.09. The second-order valence-corrected chi connectivity index (χ2v) is 3.58. The van der Waals surface area contributed by atoms with Crippen molar-refractivity contribution in [2.24, 2.45) is 0 Å². The molecule has 0 aromatic carbocycles. The van der Waals surface area contributed by atoms with Gasteiger partial charge in [-0.25, -0.2) is 9.78 Å². The monoisotopic (exact) mass is 234 g/mol. The van der Waals surface area contributed by atoms with Gasteiger partial charge in [0.25, 0.3) is 0 Å². The van der Waals surface area contributed by atoms with Crippen molar-refractivity contribution >= 4 is 11.8 Å². The van der Waals surface area contributed by atoms with Gasteiger partial charge in [-0.15, -0.1) is 0 Å². The van der Waals surface area contributed by atoms with Crippen LogP contribution in [-0.4, -0.2) is 36.1 Å². The SMILES string of the molecule is COC(=O)c1cncc(N(C)C(C)CC#N)n1. The molecule has 0 saturated carbocycles. The molecule has 0 bridgehead atoms. The minimum absolute atomic E-state index is 0.00203. The fourth-order valence-corrected chi connectivity index (χ4v) is 1.22. The van der Waals surface area contributed by atoms with E-state index >= 15 is 0 Å². The quantitative estimate of drug-likeness (QED) is 0.723. The summed E-state index contributed by atoms with van der Waals surface area (Å²) >= 11 is 0. The Bertz CT molecular complexity index is 441. The van der Waals surface area contributed by atoms with Crippen LogP contribution in [-0.2, 0) is 4.74 Å². The molecule has 1 rings (SSSR count). The third-order valence-electron chi connectivity index (χ3n) is 2.43. The number of methoxy groups -OCH3 is 1. The van der Waals surface area contributed by atoms with Crippen molar-refractivity contribution in [3.8, 4) is 6.07 Å². The van der Waals surface area contributed by atoms with Crippen molar-refractivity contribution < 1.29 is 9.53 Å². The van der Waals surface area contributed by atoms with Gasteiger partial charge in [-0.2, -0.15) is 5.26 Å². The molecule has 6 heteroatoms. The number of nitrogens with zero attached hydrogens (tertiary/aromatic N) is 4. The van der Waals surface area contributed by atoms with Gasteiger partial charge in [0.2, 0.25) is 0 Å². The Morgan fingerprint density at radius 3 is 2.94 bits per heavy atom. The van der Waals surface area contributed by atoms with Crippen molar-refractivity contribution in [2.75, 3.05) is 19.1 Å². The molecule has 1 aromatic heterocycles. The standard InChI is InChI=1S/C11H14N4O2/c1-8(4-5-12)15(2)10-7-13-6-9(14-10)11(16)17-3/h6-8H,4H2,1-3H3. The lowest BCUT2D eigenvalue weighted by molar-refractivity contribution is 0.0593. The van der Waals surface area contributed by atoms with E-state index in [0.717, 1.165) is 0 Å². The van der Waals surface area contributed by atoms with Gasteiger partial charge in [-0.3, -0.25) is 4.98 Å². The van der Waals surface area contributed by atoms with Crippen LogP contribution in [0.1, 0.15) is 23.8 Å². The fourth-order valence-electron chi connectivity index (χ4n) is 1.22. The number of ether oxygens (including phenoxy) is 1. The molecule has 6 nitrogen and oxygen atoms in total. The number of carbonyl (C=O) groups is 1. The molecule has 0 aliphatic heterocycles. The highest BCUT2D eigenvalue weighted by atomic mass is 16.5. The summed E-state index contributed by atoms with van der Waals surface area (Å²) in [6.07, 6.45) is 3.26. The van der Waals surface area contributed by atoms with Crippen LogP contribution in [0.25, 0.3) is 0 Å². The highest BCUT2D eigenvalue weighted by molar-refractivity contribution is 5.87. The summed E-state index contributed by atoms with van der Waals surface area (Å²) in [5, 5.41) is 8.63. The van der Waals surface area contributed by atoms with Crippen molar-refractivity contribution in [3.05, 3.63) is 18.1 Å². The predicted molar refractivity (Wildman–Crippen MR) is 61.5 cm³/mol. The van der Waals surface area contributed by atoms with Gasteiger partial charge in [0.1, 0.15) is 5.82 Å². The van der Waals surface area contributed by atoms with Crippen LogP contribution in [0, 0.1) is 11.3 Å². The number of carbonyl (C=O) groups excluding carboxylic acids is 1. The molecule has 1 unspecified atom stereocenters. The van der Waals surface area contributed by atoms with Crippen molar-refractivity contribution in [2.45, 2.75) is 19.4 Å². The summed E-state index contributed by atoms with van der Waals surface area (Å²) < 4.78 is 4.57. The van der Waals surface area contributed by atoms with E-state index in [1.54, 1.807) is 18.1 Å². The molecule has 0 amide bonds. The molecule has 1 atom stereocenters. The Labute approximate surface area is 99.9 Å².